The van der Waals surface area contributed by atoms with Gasteiger partial charge in [0.2, 0.25) is 15.9 Å². The van der Waals surface area contributed by atoms with E-state index in [0.29, 0.717) is 18.0 Å². The quantitative estimate of drug-likeness (QED) is 0.629. The van der Waals surface area contributed by atoms with Crippen LogP contribution in [0.4, 0.5) is 0 Å². The van der Waals surface area contributed by atoms with E-state index in [2.05, 4.69) is 6.07 Å². The summed E-state index contributed by atoms with van der Waals surface area (Å²) in [5.74, 6) is 0.00663. The van der Waals surface area contributed by atoms with Gasteiger partial charge in [-0.25, -0.2) is 8.42 Å². The Hall–Kier alpha value is -1.96. The number of likely N-dealkylation sites (tertiary alicyclic amines) is 1. The Morgan fingerprint density at radius 2 is 1.70 bits per heavy atom. The van der Waals surface area contributed by atoms with Crippen molar-refractivity contribution in [3.63, 3.8) is 0 Å². The molecule has 0 radical (unpaired) electrons. The topological polar surface area (TPSA) is 57.7 Å². The van der Waals surface area contributed by atoms with Crippen LogP contribution in [0.1, 0.15) is 55.0 Å². The van der Waals surface area contributed by atoms with Gasteiger partial charge in [-0.2, -0.15) is 4.31 Å². The number of sulfonamides is 1. The van der Waals surface area contributed by atoms with Gasteiger partial charge in [-0.1, -0.05) is 31.0 Å². The van der Waals surface area contributed by atoms with E-state index in [4.69, 9.17) is 0 Å². The third-order valence-electron chi connectivity index (χ3n) is 5.91. The van der Waals surface area contributed by atoms with Crippen molar-refractivity contribution in [1.29, 1.82) is 0 Å². The molecule has 0 N–H and O–H groups in total. The molecule has 3 heterocycles. The molecule has 1 amide bonds. The first-order valence-corrected chi connectivity index (χ1v) is 13.0. The molecular formula is C23H28N2O3S2. The molecule has 2 fully saturated rings. The number of hydrogen-bond donors (Lipinski definition) is 0. The number of carbonyl (C=O) groups excluding carboxylic acids is 1. The lowest BCUT2D eigenvalue weighted by molar-refractivity contribution is -0.126. The molecule has 0 spiro atoms. The lowest BCUT2D eigenvalue weighted by Crippen LogP contribution is -2.31. The van der Waals surface area contributed by atoms with E-state index in [-0.39, 0.29) is 11.9 Å². The predicted octanol–water partition coefficient (Wildman–Crippen LogP) is 4.69. The van der Waals surface area contributed by atoms with Crippen molar-refractivity contribution in [2.24, 2.45) is 0 Å². The minimum absolute atomic E-state index is 0.00663. The fourth-order valence-corrected chi connectivity index (χ4v) is 6.64. The van der Waals surface area contributed by atoms with Crippen LogP contribution < -0.4 is 0 Å². The summed E-state index contributed by atoms with van der Waals surface area (Å²) in [5, 5.41) is 2.05. The van der Waals surface area contributed by atoms with Gasteiger partial charge in [-0.3, -0.25) is 4.79 Å². The molecule has 4 rings (SSSR count). The number of carbonyl (C=O) groups is 1. The highest BCUT2D eigenvalue weighted by Gasteiger charge is 2.29. The molecular weight excluding hydrogens is 416 g/mol. The number of benzene rings is 1. The molecule has 1 aromatic heterocycles. The maximum absolute atomic E-state index is 12.9. The summed E-state index contributed by atoms with van der Waals surface area (Å²) in [7, 11) is -3.44. The highest BCUT2D eigenvalue weighted by atomic mass is 32.2. The van der Waals surface area contributed by atoms with Crippen molar-refractivity contribution >= 4 is 33.3 Å². The number of nitrogens with zero attached hydrogens (tertiary/aromatic N) is 2. The van der Waals surface area contributed by atoms with Gasteiger partial charge >= 0.3 is 0 Å². The predicted molar refractivity (Wildman–Crippen MR) is 121 cm³/mol. The number of thiophene rings is 1. The molecule has 1 unspecified atom stereocenters. The summed E-state index contributed by atoms with van der Waals surface area (Å²) >= 11 is 1.69. The summed E-state index contributed by atoms with van der Waals surface area (Å²) in [6, 6.07) is 11.1. The van der Waals surface area contributed by atoms with Gasteiger partial charge in [0, 0.05) is 30.6 Å². The first kappa shape index (κ1) is 21.3. The van der Waals surface area contributed by atoms with Crippen molar-refractivity contribution in [2.75, 3.05) is 19.6 Å². The minimum Gasteiger partial charge on any atom is -0.331 e. The van der Waals surface area contributed by atoms with Crippen LogP contribution in [0.5, 0.6) is 0 Å². The van der Waals surface area contributed by atoms with Crippen molar-refractivity contribution < 1.29 is 13.2 Å². The Bertz CT molecular complexity index is 974. The maximum atomic E-state index is 12.9. The van der Waals surface area contributed by atoms with Crippen LogP contribution in [0, 0.1) is 0 Å². The van der Waals surface area contributed by atoms with E-state index in [1.54, 1.807) is 52.1 Å². The van der Waals surface area contributed by atoms with Crippen LogP contribution >= 0.6 is 11.3 Å². The van der Waals surface area contributed by atoms with Crippen molar-refractivity contribution in [3.8, 4) is 0 Å². The lowest BCUT2D eigenvalue weighted by Gasteiger charge is -2.22. The zero-order valence-electron chi connectivity index (χ0n) is 17.1. The van der Waals surface area contributed by atoms with Crippen molar-refractivity contribution in [1.82, 2.24) is 9.21 Å². The van der Waals surface area contributed by atoms with Crippen LogP contribution in [-0.2, 0) is 14.8 Å². The van der Waals surface area contributed by atoms with Crippen molar-refractivity contribution in [3.05, 3.63) is 58.3 Å². The lowest BCUT2D eigenvalue weighted by atomic mass is 10.2. The number of amides is 1. The zero-order chi connectivity index (χ0) is 21.0. The Labute approximate surface area is 183 Å². The van der Waals surface area contributed by atoms with Gasteiger partial charge < -0.3 is 4.90 Å². The molecule has 30 heavy (non-hydrogen) atoms. The molecule has 2 aliphatic rings. The van der Waals surface area contributed by atoms with Gasteiger partial charge in [-0.15, -0.1) is 11.3 Å². The van der Waals surface area contributed by atoms with E-state index < -0.39 is 10.0 Å². The standard InChI is InChI=1S/C23H28N2O3S2/c26-23(25-17-5-7-21(25)22-8-6-18-29-22)14-11-19-9-12-20(13-10-19)30(27,28)24-15-3-1-2-4-16-24/h6,8-14,18,21H,1-5,7,15-17H2/b14-11+. The van der Waals surface area contributed by atoms with Crippen LogP contribution in [0.2, 0.25) is 0 Å². The third kappa shape index (κ3) is 4.68. The van der Waals surface area contributed by atoms with E-state index in [9.17, 15) is 13.2 Å². The molecule has 0 bridgehead atoms. The average Bonchev–Trinajstić information content (AvgIpc) is 3.38. The smallest absolute Gasteiger partial charge is 0.247 e. The zero-order valence-corrected chi connectivity index (χ0v) is 18.7. The van der Waals surface area contributed by atoms with Gasteiger partial charge in [0.1, 0.15) is 0 Å². The Kier molecular flexibility index (Phi) is 6.71. The molecule has 2 saturated heterocycles. The first-order chi connectivity index (χ1) is 14.6. The second-order valence-electron chi connectivity index (χ2n) is 7.93. The van der Waals surface area contributed by atoms with Crippen LogP contribution in [0.15, 0.2) is 52.7 Å². The summed E-state index contributed by atoms with van der Waals surface area (Å²) in [6.07, 6.45) is 9.42. The Morgan fingerprint density at radius 3 is 2.37 bits per heavy atom. The maximum Gasteiger partial charge on any atom is 0.247 e. The van der Waals surface area contributed by atoms with E-state index in [1.807, 2.05) is 16.3 Å². The second-order valence-corrected chi connectivity index (χ2v) is 10.8. The number of hydrogen-bond acceptors (Lipinski definition) is 4. The Balaban J connectivity index is 1.43. The molecule has 5 nitrogen and oxygen atoms in total. The monoisotopic (exact) mass is 444 g/mol. The third-order valence-corrected chi connectivity index (χ3v) is 8.80. The van der Waals surface area contributed by atoms with Crippen molar-refractivity contribution in [2.45, 2.75) is 49.5 Å². The molecule has 160 valence electrons. The largest absolute Gasteiger partial charge is 0.331 e. The summed E-state index contributed by atoms with van der Waals surface area (Å²) in [5.41, 5.74) is 0.824. The molecule has 2 aromatic rings. The van der Waals surface area contributed by atoms with E-state index >= 15 is 0 Å². The highest BCUT2D eigenvalue weighted by Crippen LogP contribution is 2.34. The van der Waals surface area contributed by atoms with Gasteiger partial charge in [0.25, 0.3) is 0 Å². The van der Waals surface area contributed by atoms with E-state index in [0.717, 1.165) is 50.6 Å². The summed E-state index contributed by atoms with van der Waals surface area (Å²) in [4.78, 5) is 16.2. The molecule has 1 atom stereocenters. The molecule has 7 heteroatoms. The highest BCUT2D eigenvalue weighted by molar-refractivity contribution is 7.89. The fourth-order valence-electron chi connectivity index (χ4n) is 4.25. The van der Waals surface area contributed by atoms with Crippen LogP contribution in [0.25, 0.3) is 6.08 Å². The van der Waals surface area contributed by atoms with Gasteiger partial charge in [0.15, 0.2) is 0 Å². The SMILES string of the molecule is O=C(/C=C/c1ccc(S(=O)(=O)N2CCCCCC2)cc1)N1CCCC1c1cccs1. The normalized spacial score (nSPS) is 21.2. The fraction of sp³-hybridized carbons (Fsp3) is 0.435. The molecule has 0 saturated carbocycles. The summed E-state index contributed by atoms with van der Waals surface area (Å²) in [6.45, 7) is 1.97. The first-order valence-electron chi connectivity index (χ1n) is 10.7. The number of rotatable bonds is 5. The van der Waals surface area contributed by atoms with Crippen LogP contribution in [-0.4, -0.2) is 43.2 Å². The summed E-state index contributed by atoms with van der Waals surface area (Å²) < 4.78 is 27.4. The molecule has 2 aliphatic heterocycles. The Morgan fingerprint density at radius 1 is 0.967 bits per heavy atom. The van der Waals surface area contributed by atoms with Gasteiger partial charge in [-0.05, 0) is 60.9 Å². The van der Waals surface area contributed by atoms with Crippen LogP contribution in [0.3, 0.4) is 0 Å². The minimum atomic E-state index is -3.44. The molecule has 1 aromatic carbocycles. The molecule has 0 aliphatic carbocycles. The second kappa shape index (κ2) is 9.45. The average molecular weight is 445 g/mol. The van der Waals surface area contributed by atoms with E-state index in [1.165, 1.54) is 4.88 Å². The van der Waals surface area contributed by atoms with Gasteiger partial charge in [0.05, 0.1) is 10.9 Å².